The van der Waals surface area contributed by atoms with Gasteiger partial charge >= 0.3 is 16.2 Å². The van der Waals surface area contributed by atoms with Gasteiger partial charge in [0, 0.05) is 18.1 Å². The highest BCUT2D eigenvalue weighted by atomic mass is 79.9. The highest BCUT2D eigenvalue weighted by Gasteiger charge is 2.19. The molecule has 0 aromatic heterocycles. The minimum atomic E-state index is -3.76. The van der Waals surface area contributed by atoms with Crippen LogP contribution in [0.2, 0.25) is 0 Å². The normalized spacial score (nSPS) is 11.6. The first kappa shape index (κ1) is 15.9. The number of aryl methyl sites for hydroxylation is 1. The number of carboxylic acid groups (broad SMARTS) is 1. The first-order valence-electron chi connectivity index (χ1n) is 5.45. The van der Waals surface area contributed by atoms with Gasteiger partial charge in [0.2, 0.25) is 0 Å². The Hall–Kier alpha value is -1.12. The zero-order valence-electron chi connectivity index (χ0n) is 10.6. The Bertz CT molecular complexity index is 574. The fraction of sp³-hybridized carbons (Fsp3) is 0.364. The zero-order chi connectivity index (χ0) is 14.6. The average Bonchev–Trinajstić information content (AvgIpc) is 2.31. The van der Waals surface area contributed by atoms with Crippen molar-refractivity contribution in [2.24, 2.45) is 0 Å². The van der Waals surface area contributed by atoms with Crippen LogP contribution in [0.15, 0.2) is 22.7 Å². The number of nitrogens with one attached hydrogen (secondary N) is 1. The topological polar surface area (TPSA) is 86.7 Å². The van der Waals surface area contributed by atoms with Crippen molar-refractivity contribution in [2.45, 2.75) is 13.3 Å². The average molecular weight is 351 g/mol. The molecule has 0 saturated heterocycles. The van der Waals surface area contributed by atoms with Gasteiger partial charge < -0.3 is 5.11 Å². The Labute approximate surface area is 120 Å². The van der Waals surface area contributed by atoms with Crippen molar-refractivity contribution in [1.29, 1.82) is 0 Å². The maximum atomic E-state index is 12.0. The number of anilines is 1. The van der Waals surface area contributed by atoms with Gasteiger partial charge in [-0.15, -0.1) is 0 Å². The van der Waals surface area contributed by atoms with E-state index in [1.807, 2.05) is 13.0 Å². The molecule has 0 aliphatic carbocycles. The molecule has 0 bridgehead atoms. The molecule has 6 nitrogen and oxygen atoms in total. The van der Waals surface area contributed by atoms with E-state index in [4.69, 9.17) is 5.11 Å². The Morgan fingerprint density at radius 1 is 1.47 bits per heavy atom. The molecule has 0 unspecified atom stereocenters. The molecule has 19 heavy (non-hydrogen) atoms. The van der Waals surface area contributed by atoms with Crippen molar-refractivity contribution in [3.8, 4) is 0 Å². The molecular weight excluding hydrogens is 336 g/mol. The number of rotatable bonds is 6. The SMILES string of the molecule is Cc1cccc(NS(=O)(=O)N(C)CCC(=O)O)c1Br. The summed E-state index contributed by atoms with van der Waals surface area (Å²) >= 11 is 3.30. The van der Waals surface area contributed by atoms with Crippen LogP contribution in [0, 0.1) is 6.92 Å². The lowest BCUT2D eigenvalue weighted by Gasteiger charge is -2.18. The molecule has 0 fully saturated rings. The standard InChI is InChI=1S/C11H15BrN2O4S/c1-8-4-3-5-9(11(8)12)13-19(17,18)14(2)7-6-10(15)16/h3-5,13H,6-7H2,1-2H3,(H,15,16). The quantitative estimate of drug-likeness (QED) is 0.819. The summed E-state index contributed by atoms with van der Waals surface area (Å²) in [6, 6.07) is 5.20. The third-order valence-electron chi connectivity index (χ3n) is 2.48. The molecule has 0 atom stereocenters. The summed E-state index contributed by atoms with van der Waals surface area (Å²) in [7, 11) is -2.43. The molecular formula is C11H15BrN2O4S. The number of hydrogen-bond donors (Lipinski definition) is 2. The van der Waals surface area contributed by atoms with Crippen LogP contribution in [0.3, 0.4) is 0 Å². The van der Waals surface area contributed by atoms with Crippen molar-refractivity contribution in [3.63, 3.8) is 0 Å². The maximum Gasteiger partial charge on any atom is 0.304 e. The van der Waals surface area contributed by atoms with Gasteiger partial charge in [-0.05, 0) is 34.5 Å². The first-order valence-corrected chi connectivity index (χ1v) is 7.68. The minimum Gasteiger partial charge on any atom is -0.481 e. The number of halogens is 1. The van der Waals surface area contributed by atoms with Gasteiger partial charge in [0.1, 0.15) is 0 Å². The Morgan fingerprint density at radius 2 is 2.11 bits per heavy atom. The number of benzene rings is 1. The predicted molar refractivity (Wildman–Crippen MR) is 76.3 cm³/mol. The van der Waals surface area contributed by atoms with Gasteiger partial charge in [-0.25, -0.2) is 0 Å². The Balaban J connectivity index is 2.84. The summed E-state index contributed by atoms with van der Waals surface area (Å²) in [4.78, 5) is 10.4. The lowest BCUT2D eigenvalue weighted by Crippen LogP contribution is -2.34. The largest absolute Gasteiger partial charge is 0.481 e. The van der Waals surface area contributed by atoms with E-state index in [0.717, 1.165) is 9.87 Å². The van der Waals surface area contributed by atoms with E-state index in [0.29, 0.717) is 10.2 Å². The fourth-order valence-electron chi connectivity index (χ4n) is 1.32. The molecule has 1 rings (SSSR count). The molecule has 0 aliphatic heterocycles. The molecule has 0 saturated carbocycles. The van der Waals surface area contributed by atoms with Gasteiger partial charge in [0.05, 0.1) is 12.1 Å². The van der Waals surface area contributed by atoms with Gasteiger partial charge in [-0.3, -0.25) is 9.52 Å². The lowest BCUT2D eigenvalue weighted by atomic mass is 10.2. The van der Waals surface area contributed by atoms with E-state index in [2.05, 4.69) is 20.7 Å². The van der Waals surface area contributed by atoms with Crippen molar-refractivity contribution < 1.29 is 18.3 Å². The third-order valence-corrected chi connectivity index (χ3v) is 5.02. The van der Waals surface area contributed by atoms with Crippen molar-refractivity contribution in [2.75, 3.05) is 18.3 Å². The Kier molecular flexibility index (Phi) is 5.33. The summed E-state index contributed by atoms with van der Waals surface area (Å²) in [5, 5.41) is 8.55. The van der Waals surface area contributed by atoms with Crippen LogP contribution >= 0.6 is 15.9 Å². The summed E-state index contributed by atoms with van der Waals surface area (Å²) < 4.78 is 28.0. The van der Waals surface area contributed by atoms with Crippen LogP contribution in [-0.4, -0.2) is 37.4 Å². The first-order chi connectivity index (χ1) is 8.74. The molecule has 8 heteroatoms. The second-order valence-corrected chi connectivity index (χ2v) is 6.58. The summed E-state index contributed by atoms with van der Waals surface area (Å²) in [6.07, 6.45) is -0.244. The Morgan fingerprint density at radius 3 is 2.68 bits per heavy atom. The smallest absolute Gasteiger partial charge is 0.304 e. The molecule has 0 heterocycles. The molecule has 0 amide bonds. The summed E-state index contributed by atoms with van der Waals surface area (Å²) in [6.45, 7) is 1.75. The second-order valence-electron chi connectivity index (χ2n) is 4.01. The fourth-order valence-corrected chi connectivity index (χ4v) is 2.75. The van der Waals surface area contributed by atoms with E-state index in [9.17, 15) is 13.2 Å². The van der Waals surface area contributed by atoms with Crippen LogP contribution < -0.4 is 4.72 Å². The molecule has 1 aromatic rings. The molecule has 0 radical (unpaired) electrons. The van der Waals surface area contributed by atoms with E-state index in [1.165, 1.54) is 7.05 Å². The molecule has 1 aromatic carbocycles. The predicted octanol–water partition coefficient (Wildman–Crippen LogP) is 1.82. The van der Waals surface area contributed by atoms with E-state index in [-0.39, 0.29) is 13.0 Å². The van der Waals surface area contributed by atoms with Crippen molar-refractivity contribution in [3.05, 3.63) is 28.2 Å². The van der Waals surface area contributed by atoms with Crippen LogP contribution in [0.4, 0.5) is 5.69 Å². The van der Waals surface area contributed by atoms with Crippen LogP contribution in [0.25, 0.3) is 0 Å². The highest BCUT2D eigenvalue weighted by Crippen LogP contribution is 2.26. The van der Waals surface area contributed by atoms with Crippen molar-refractivity contribution in [1.82, 2.24) is 4.31 Å². The molecule has 0 aliphatic rings. The van der Waals surface area contributed by atoms with Gasteiger partial charge in [0.25, 0.3) is 0 Å². The van der Waals surface area contributed by atoms with E-state index in [1.54, 1.807) is 12.1 Å². The van der Waals surface area contributed by atoms with Gasteiger partial charge in [-0.1, -0.05) is 12.1 Å². The van der Waals surface area contributed by atoms with E-state index >= 15 is 0 Å². The lowest BCUT2D eigenvalue weighted by molar-refractivity contribution is -0.137. The van der Waals surface area contributed by atoms with Crippen LogP contribution in [0.1, 0.15) is 12.0 Å². The molecule has 0 spiro atoms. The summed E-state index contributed by atoms with van der Waals surface area (Å²) in [5.41, 5.74) is 1.32. The van der Waals surface area contributed by atoms with Gasteiger partial charge in [0.15, 0.2) is 0 Å². The number of carboxylic acids is 1. The number of hydrogen-bond acceptors (Lipinski definition) is 3. The van der Waals surface area contributed by atoms with Gasteiger partial charge in [-0.2, -0.15) is 12.7 Å². The maximum absolute atomic E-state index is 12.0. The van der Waals surface area contributed by atoms with E-state index < -0.39 is 16.2 Å². The van der Waals surface area contributed by atoms with Crippen LogP contribution in [0.5, 0.6) is 0 Å². The number of carbonyl (C=O) groups is 1. The minimum absolute atomic E-state index is 0.0892. The second kappa shape index (κ2) is 6.36. The highest BCUT2D eigenvalue weighted by molar-refractivity contribution is 9.10. The zero-order valence-corrected chi connectivity index (χ0v) is 13.0. The third kappa shape index (κ3) is 4.48. The molecule has 106 valence electrons. The monoisotopic (exact) mass is 350 g/mol. The van der Waals surface area contributed by atoms with Crippen molar-refractivity contribution >= 4 is 37.8 Å². The summed E-state index contributed by atoms with van der Waals surface area (Å²) in [5.74, 6) is -1.04. The molecule has 2 N–H and O–H groups in total. The van der Waals surface area contributed by atoms with Crippen LogP contribution in [-0.2, 0) is 15.0 Å². The number of nitrogens with zero attached hydrogens (tertiary/aromatic N) is 1. The number of aliphatic carboxylic acids is 1.